The molecule has 0 atom stereocenters. The molecule has 1 fully saturated rings. The van der Waals surface area contributed by atoms with Crippen LogP contribution in [-0.4, -0.2) is 47.2 Å². The smallest absolute Gasteiger partial charge is 0.253 e. The van der Waals surface area contributed by atoms with Crippen LogP contribution in [0, 0.1) is 5.82 Å². The highest BCUT2D eigenvalue weighted by atomic mass is 35.5. The Balaban J connectivity index is 1.35. The number of hydrogen-bond donors (Lipinski definition) is 0. The third-order valence-corrected chi connectivity index (χ3v) is 5.89. The highest BCUT2D eigenvalue weighted by Crippen LogP contribution is 2.24. The van der Waals surface area contributed by atoms with Crippen LogP contribution in [0.4, 0.5) is 9.52 Å². The Morgan fingerprint density at radius 3 is 2.36 bits per heavy atom. The second-order valence-corrected chi connectivity index (χ2v) is 8.04. The number of carbonyl (C=O) groups excluding carboxylic acids is 1. The fourth-order valence-corrected chi connectivity index (χ4v) is 4.15. The summed E-state index contributed by atoms with van der Waals surface area (Å²) in [5.74, 6) is -0.224. The predicted octanol–water partition coefficient (Wildman–Crippen LogP) is 3.88. The van der Waals surface area contributed by atoms with E-state index in [0.717, 1.165) is 15.7 Å². The van der Waals surface area contributed by atoms with Crippen molar-refractivity contribution in [3.05, 3.63) is 75.5 Å². The van der Waals surface area contributed by atoms with Gasteiger partial charge in [-0.05, 0) is 42.0 Å². The van der Waals surface area contributed by atoms with Crippen LogP contribution in [0.15, 0.2) is 48.5 Å². The van der Waals surface area contributed by atoms with E-state index in [1.807, 2.05) is 4.90 Å². The van der Waals surface area contributed by atoms with E-state index in [1.54, 1.807) is 36.4 Å². The average Bonchev–Trinajstić information content (AvgIpc) is 3.18. The molecule has 8 heteroatoms. The third-order valence-electron chi connectivity index (χ3n) is 4.65. The molecule has 1 aliphatic heterocycles. The fourth-order valence-electron chi connectivity index (χ4n) is 3.10. The van der Waals surface area contributed by atoms with Crippen molar-refractivity contribution in [2.24, 2.45) is 0 Å². The first-order chi connectivity index (χ1) is 13.6. The summed E-state index contributed by atoms with van der Waals surface area (Å²) < 4.78 is 13.0. The molecule has 2 heterocycles. The Labute approximate surface area is 171 Å². The highest BCUT2D eigenvalue weighted by Gasteiger charge is 2.24. The Hall–Kier alpha value is -2.51. The number of rotatable bonds is 4. The van der Waals surface area contributed by atoms with Crippen molar-refractivity contribution in [3.63, 3.8) is 0 Å². The van der Waals surface area contributed by atoms with Crippen molar-refractivity contribution in [3.8, 4) is 0 Å². The van der Waals surface area contributed by atoms with Crippen LogP contribution < -0.4 is 4.90 Å². The molecule has 28 heavy (non-hydrogen) atoms. The summed E-state index contributed by atoms with van der Waals surface area (Å²) in [7, 11) is 0. The largest absolute Gasteiger partial charge is 0.343 e. The normalized spacial score (nSPS) is 14.4. The molecule has 4 rings (SSSR count). The van der Waals surface area contributed by atoms with Gasteiger partial charge in [-0.15, -0.1) is 10.2 Å². The molecule has 0 spiro atoms. The zero-order valence-electron chi connectivity index (χ0n) is 15.0. The van der Waals surface area contributed by atoms with E-state index in [2.05, 4.69) is 15.1 Å². The number of hydrogen-bond acceptors (Lipinski definition) is 5. The van der Waals surface area contributed by atoms with Crippen LogP contribution in [0.2, 0.25) is 5.02 Å². The van der Waals surface area contributed by atoms with Crippen LogP contribution in [0.1, 0.15) is 20.9 Å². The van der Waals surface area contributed by atoms with Gasteiger partial charge < -0.3 is 9.80 Å². The van der Waals surface area contributed by atoms with Gasteiger partial charge in [0.15, 0.2) is 0 Å². The first-order valence-electron chi connectivity index (χ1n) is 8.95. The summed E-state index contributed by atoms with van der Waals surface area (Å²) in [4.78, 5) is 16.6. The summed E-state index contributed by atoms with van der Waals surface area (Å²) in [5, 5.41) is 10.9. The number of carbonyl (C=O) groups is 1. The molecule has 5 nitrogen and oxygen atoms in total. The van der Waals surface area contributed by atoms with Gasteiger partial charge in [0.25, 0.3) is 5.91 Å². The molecular formula is C20H18ClFN4OS. The van der Waals surface area contributed by atoms with Crippen LogP contribution in [0.25, 0.3) is 0 Å². The molecule has 1 amide bonds. The summed E-state index contributed by atoms with van der Waals surface area (Å²) in [6.45, 7) is 2.69. The second kappa shape index (κ2) is 8.24. The van der Waals surface area contributed by atoms with Crippen LogP contribution in [0.5, 0.6) is 0 Å². The quantitative estimate of drug-likeness (QED) is 0.647. The van der Waals surface area contributed by atoms with E-state index in [1.165, 1.54) is 23.5 Å². The van der Waals surface area contributed by atoms with Crippen molar-refractivity contribution in [2.75, 3.05) is 31.1 Å². The van der Waals surface area contributed by atoms with Gasteiger partial charge >= 0.3 is 0 Å². The van der Waals surface area contributed by atoms with Gasteiger partial charge in [-0.1, -0.05) is 35.1 Å². The Kier molecular flexibility index (Phi) is 5.54. The molecule has 0 N–H and O–H groups in total. The van der Waals surface area contributed by atoms with Crippen molar-refractivity contribution in [1.29, 1.82) is 0 Å². The average molecular weight is 417 g/mol. The van der Waals surface area contributed by atoms with Gasteiger partial charge in [0.05, 0.1) is 0 Å². The van der Waals surface area contributed by atoms with Crippen LogP contribution in [0.3, 0.4) is 0 Å². The lowest BCUT2D eigenvalue weighted by Crippen LogP contribution is -2.48. The van der Waals surface area contributed by atoms with E-state index in [9.17, 15) is 9.18 Å². The zero-order chi connectivity index (χ0) is 19.5. The summed E-state index contributed by atoms with van der Waals surface area (Å²) >= 11 is 7.43. The molecule has 144 valence electrons. The molecule has 0 aliphatic carbocycles. The SMILES string of the molecule is O=C(c1ccc(Cl)cc1)N1CCN(c2nnc(Cc3ccc(F)cc3)s2)CC1. The second-order valence-electron chi connectivity index (χ2n) is 6.57. The summed E-state index contributed by atoms with van der Waals surface area (Å²) in [5.41, 5.74) is 1.65. The predicted molar refractivity (Wildman–Crippen MR) is 109 cm³/mol. The Bertz CT molecular complexity index is 953. The first-order valence-corrected chi connectivity index (χ1v) is 10.1. The topological polar surface area (TPSA) is 49.3 Å². The zero-order valence-corrected chi connectivity index (χ0v) is 16.6. The Morgan fingerprint density at radius 1 is 1.00 bits per heavy atom. The van der Waals surface area contributed by atoms with Gasteiger partial charge in [0, 0.05) is 43.2 Å². The number of aromatic nitrogens is 2. The number of nitrogens with zero attached hydrogens (tertiary/aromatic N) is 4. The van der Waals surface area contributed by atoms with Crippen LogP contribution >= 0.6 is 22.9 Å². The maximum atomic E-state index is 13.0. The lowest BCUT2D eigenvalue weighted by Gasteiger charge is -2.34. The number of anilines is 1. The lowest BCUT2D eigenvalue weighted by molar-refractivity contribution is 0.0746. The number of amides is 1. The summed E-state index contributed by atoms with van der Waals surface area (Å²) in [6.07, 6.45) is 0.632. The molecule has 3 aromatic rings. The van der Waals surface area contributed by atoms with Gasteiger partial charge in [-0.25, -0.2) is 4.39 Å². The monoisotopic (exact) mass is 416 g/mol. The van der Waals surface area contributed by atoms with Crippen molar-refractivity contribution in [1.82, 2.24) is 15.1 Å². The maximum absolute atomic E-state index is 13.0. The van der Waals surface area contributed by atoms with Gasteiger partial charge in [-0.2, -0.15) is 0 Å². The molecule has 0 saturated carbocycles. The van der Waals surface area contributed by atoms with E-state index < -0.39 is 0 Å². The first kappa shape index (κ1) is 18.8. The van der Waals surface area contributed by atoms with E-state index in [-0.39, 0.29) is 11.7 Å². The molecular weight excluding hydrogens is 399 g/mol. The molecule has 0 bridgehead atoms. The Morgan fingerprint density at radius 2 is 1.68 bits per heavy atom. The lowest BCUT2D eigenvalue weighted by atomic mass is 10.2. The molecule has 0 unspecified atom stereocenters. The molecule has 2 aromatic carbocycles. The minimum Gasteiger partial charge on any atom is -0.343 e. The minimum absolute atomic E-state index is 0.0191. The molecule has 0 radical (unpaired) electrons. The highest BCUT2D eigenvalue weighted by molar-refractivity contribution is 7.15. The fraction of sp³-hybridized carbons (Fsp3) is 0.250. The molecule has 1 saturated heterocycles. The number of benzene rings is 2. The number of piperazine rings is 1. The number of halogens is 2. The van der Waals surface area contributed by atoms with Gasteiger partial charge in [-0.3, -0.25) is 4.79 Å². The minimum atomic E-state index is -0.243. The van der Waals surface area contributed by atoms with Crippen molar-refractivity contribution < 1.29 is 9.18 Å². The van der Waals surface area contributed by atoms with Gasteiger partial charge in [0.1, 0.15) is 10.8 Å². The summed E-state index contributed by atoms with van der Waals surface area (Å²) in [6, 6.07) is 13.4. The standard InChI is InChI=1S/C20H18ClFN4OS/c21-16-5-3-15(4-6-16)19(27)25-9-11-26(12-10-25)20-24-23-18(28-20)13-14-1-7-17(22)8-2-14/h1-8H,9-13H2. The molecule has 1 aromatic heterocycles. The third kappa shape index (κ3) is 4.31. The van der Waals surface area contributed by atoms with E-state index >= 15 is 0 Å². The van der Waals surface area contributed by atoms with Crippen molar-refractivity contribution in [2.45, 2.75) is 6.42 Å². The van der Waals surface area contributed by atoms with Crippen LogP contribution in [-0.2, 0) is 6.42 Å². The van der Waals surface area contributed by atoms with E-state index in [4.69, 9.17) is 11.6 Å². The van der Waals surface area contributed by atoms with Gasteiger partial charge in [0.2, 0.25) is 5.13 Å². The van der Waals surface area contributed by atoms with Crippen molar-refractivity contribution >= 4 is 34.0 Å². The maximum Gasteiger partial charge on any atom is 0.253 e. The molecule has 1 aliphatic rings. The van der Waals surface area contributed by atoms with E-state index in [0.29, 0.717) is 43.2 Å².